The standard InChI is InChI=1S/C15H19ClN2O3/c16-11-4-1-10(2-5-11)3-8-14(19)18-9-12-6-7-13(21-12)15(17)20/h1-2,4-5,12-13H,3,6-9H2,(H2,17,20)(H,18,19)/t12-,13+/m0/s1. The Balaban J connectivity index is 1.66. The van der Waals surface area contributed by atoms with Gasteiger partial charge in [0, 0.05) is 18.0 Å². The lowest BCUT2D eigenvalue weighted by molar-refractivity contribution is -0.128. The number of aryl methyl sites for hydroxylation is 1. The minimum Gasteiger partial charge on any atom is -0.367 e. The first-order valence-corrected chi connectivity index (χ1v) is 7.38. The van der Waals surface area contributed by atoms with E-state index < -0.39 is 12.0 Å². The van der Waals surface area contributed by atoms with Gasteiger partial charge in [-0.1, -0.05) is 23.7 Å². The molecule has 2 atom stereocenters. The number of rotatable bonds is 6. The summed E-state index contributed by atoms with van der Waals surface area (Å²) in [5, 5.41) is 3.51. The minimum atomic E-state index is -0.513. The molecule has 1 saturated heterocycles. The van der Waals surface area contributed by atoms with Gasteiger partial charge in [0.25, 0.3) is 0 Å². The number of hydrogen-bond donors (Lipinski definition) is 2. The summed E-state index contributed by atoms with van der Waals surface area (Å²) in [5.41, 5.74) is 6.25. The highest BCUT2D eigenvalue weighted by Gasteiger charge is 2.29. The molecule has 0 spiro atoms. The second kappa shape index (κ2) is 7.43. The molecule has 0 radical (unpaired) electrons. The Morgan fingerprint density at radius 3 is 2.62 bits per heavy atom. The molecule has 0 unspecified atom stereocenters. The van der Waals surface area contributed by atoms with E-state index in [4.69, 9.17) is 22.1 Å². The maximum absolute atomic E-state index is 11.8. The number of carbonyl (C=O) groups is 2. The van der Waals surface area contributed by atoms with Gasteiger partial charge in [-0.15, -0.1) is 0 Å². The fourth-order valence-electron chi connectivity index (χ4n) is 2.29. The molecule has 0 bridgehead atoms. The van der Waals surface area contributed by atoms with Crippen LogP contribution in [0, 0.1) is 0 Å². The van der Waals surface area contributed by atoms with E-state index in [0.29, 0.717) is 30.8 Å². The molecule has 1 aliphatic rings. The van der Waals surface area contributed by atoms with Crippen molar-refractivity contribution in [1.82, 2.24) is 5.32 Å². The number of carbonyl (C=O) groups excluding carboxylic acids is 2. The zero-order valence-electron chi connectivity index (χ0n) is 11.7. The van der Waals surface area contributed by atoms with Gasteiger partial charge in [0.15, 0.2) is 0 Å². The molecule has 2 rings (SSSR count). The van der Waals surface area contributed by atoms with E-state index in [2.05, 4.69) is 5.32 Å². The van der Waals surface area contributed by atoms with Gasteiger partial charge in [0.2, 0.25) is 11.8 Å². The van der Waals surface area contributed by atoms with Crippen LogP contribution in [0.2, 0.25) is 5.02 Å². The number of nitrogens with two attached hydrogens (primary N) is 1. The summed E-state index contributed by atoms with van der Waals surface area (Å²) in [6.45, 7) is 0.420. The number of benzene rings is 1. The van der Waals surface area contributed by atoms with Crippen molar-refractivity contribution >= 4 is 23.4 Å². The van der Waals surface area contributed by atoms with Crippen molar-refractivity contribution in [2.24, 2.45) is 5.73 Å². The molecule has 5 nitrogen and oxygen atoms in total. The molecule has 21 heavy (non-hydrogen) atoms. The van der Waals surface area contributed by atoms with E-state index in [1.165, 1.54) is 0 Å². The van der Waals surface area contributed by atoms with Gasteiger partial charge in [-0.3, -0.25) is 9.59 Å². The van der Waals surface area contributed by atoms with Gasteiger partial charge in [0.1, 0.15) is 6.10 Å². The molecule has 6 heteroatoms. The van der Waals surface area contributed by atoms with Crippen LogP contribution in [-0.4, -0.2) is 30.6 Å². The molecule has 1 aromatic rings. The van der Waals surface area contributed by atoms with Crippen molar-refractivity contribution in [3.8, 4) is 0 Å². The predicted octanol–water partition coefficient (Wildman–Crippen LogP) is 1.42. The highest BCUT2D eigenvalue weighted by atomic mass is 35.5. The number of primary amides is 1. The largest absolute Gasteiger partial charge is 0.367 e. The second-order valence-electron chi connectivity index (χ2n) is 5.16. The topological polar surface area (TPSA) is 81.4 Å². The Labute approximate surface area is 128 Å². The summed E-state index contributed by atoms with van der Waals surface area (Å²) in [6.07, 6.45) is 1.81. The average Bonchev–Trinajstić information content (AvgIpc) is 2.93. The number of amides is 2. The average molecular weight is 311 g/mol. The third-order valence-electron chi connectivity index (χ3n) is 3.51. The van der Waals surface area contributed by atoms with Crippen LogP contribution in [0.15, 0.2) is 24.3 Å². The molecule has 0 aliphatic carbocycles. The lowest BCUT2D eigenvalue weighted by atomic mass is 10.1. The smallest absolute Gasteiger partial charge is 0.246 e. The first kappa shape index (κ1) is 15.8. The van der Waals surface area contributed by atoms with Gasteiger partial charge >= 0.3 is 0 Å². The van der Waals surface area contributed by atoms with Gasteiger partial charge in [0.05, 0.1) is 6.10 Å². The van der Waals surface area contributed by atoms with Crippen LogP contribution < -0.4 is 11.1 Å². The monoisotopic (exact) mass is 310 g/mol. The summed E-state index contributed by atoms with van der Waals surface area (Å²) >= 11 is 5.80. The molecule has 114 valence electrons. The SMILES string of the molecule is NC(=O)[C@H]1CC[C@@H](CNC(=O)CCc2ccc(Cl)cc2)O1. The normalized spacial score (nSPS) is 21.2. The summed E-state index contributed by atoms with van der Waals surface area (Å²) in [4.78, 5) is 22.7. The maximum Gasteiger partial charge on any atom is 0.246 e. The van der Waals surface area contributed by atoms with Crippen LogP contribution in [0.4, 0.5) is 0 Å². The summed E-state index contributed by atoms with van der Waals surface area (Å²) < 4.78 is 5.45. The molecule has 0 aromatic heterocycles. The summed E-state index contributed by atoms with van der Waals surface area (Å²) in [7, 11) is 0. The molecule has 1 fully saturated rings. The van der Waals surface area contributed by atoms with E-state index >= 15 is 0 Å². The lowest BCUT2D eigenvalue weighted by Gasteiger charge is -2.12. The number of hydrogen-bond acceptors (Lipinski definition) is 3. The zero-order chi connectivity index (χ0) is 15.2. The van der Waals surface area contributed by atoms with E-state index in [-0.39, 0.29) is 12.0 Å². The van der Waals surface area contributed by atoms with E-state index in [9.17, 15) is 9.59 Å². The van der Waals surface area contributed by atoms with Crippen LogP contribution in [0.25, 0.3) is 0 Å². The van der Waals surface area contributed by atoms with Gasteiger partial charge in [-0.2, -0.15) is 0 Å². The van der Waals surface area contributed by atoms with Crippen LogP contribution >= 0.6 is 11.6 Å². The van der Waals surface area contributed by atoms with Gasteiger partial charge in [-0.25, -0.2) is 0 Å². The summed E-state index contributed by atoms with van der Waals surface area (Å²) in [5.74, 6) is -0.470. The van der Waals surface area contributed by atoms with Crippen molar-refractivity contribution in [3.05, 3.63) is 34.9 Å². The second-order valence-corrected chi connectivity index (χ2v) is 5.59. The fourth-order valence-corrected chi connectivity index (χ4v) is 2.42. The van der Waals surface area contributed by atoms with Crippen LogP contribution in [0.1, 0.15) is 24.8 Å². The quantitative estimate of drug-likeness (QED) is 0.834. The molecule has 1 heterocycles. The Kier molecular flexibility index (Phi) is 5.59. The Morgan fingerprint density at radius 1 is 1.29 bits per heavy atom. The highest BCUT2D eigenvalue weighted by molar-refractivity contribution is 6.30. The first-order valence-electron chi connectivity index (χ1n) is 7.00. The molecule has 0 saturated carbocycles. The Hall–Kier alpha value is -1.59. The van der Waals surface area contributed by atoms with Gasteiger partial charge in [-0.05, 0) is 37.0 Å². The molecule has 1 aromatic carbocycles. The third-order valence-corrected chi connectivity index (χ3v) is 3.76. The summed E-state index contributed by atoms with van der Waals surface area (Å²) in [6, 6.07) is 7.44. The number of nitrogens with one attached hydrogen (secondary N) is 1. The lowest BCUT2D eigenvalue weighted by Crippen LogP contribution is -2.34. The van der Waals surface area contributed by atoms with E-state index in [1.807, 2.05) is 24.3 Å². The van der Waals surface area contributed by atoms with Crippen LogP contribution in [-0.2, 0) is 20.7 Å². The molecular weight excluding hydrogens is 292 g/mol. The maximum atomic E-state index is 11.8. The van der Waals surface area contributed by atoms with Crippen molar-refractivity contribution in [2.45, 2.75) is 37.9 Å². The Morgan fingerprint density at radius 2 is 2.00 bits per heavy atom. The fraction of sp³-hybridized carbons (Fsp3) is 0.467. The first-order chi connectivity index (χ1) is 10.0. The van der Waals surface area contributed by atoms with Crippen molar-refractivity contribution in [2.75, 3.05) is 6.54 Å². The van der Waals surface area contributed by atoms with Crippen molar-refractivity contribution in [1.29, 1.82) is 0 Å². The third kappa shape index (κ3) is 5.02. The molecular formula is C15H19ClN2O3. The highest BCUT2D eigenvalue weighted by Crippen LogP contribution is 2.18. The number of halogens is 1. The van der Waals surface area contributed by atoms with Gasteiger partial charge < -0.3 is 15.8 Å². The van der Waals surface area contributed by atoms with Crippen molar-refractivity contribution < 1.29 is 14.3 Å². The van der Waals surface area contributed by atoms with E-state index in [1.54, 1.807) is 0 Å². The van der Waals surface area contributed by atoms with Crippen LogP contribution in [0.5, 0.6) is 0 Å². The molecule has 1 aliphatic heterocycles. The molecule has 2 amide bonds. The predicted molar refractivity (Wildman–Crippen MR) is 79.9 cm³/mol. The Bertz CT molecular complexity index is 504. The van der Waals surface area contributed by atoms with E-state index in [0.717, 1.165) is 12.0 Å². The zero-order valence-corrected chi connectivity index (χ0v) is 12.4. The van der Waals surface area contributed by atoms with Crippen molar-refractivity contribution in [3.63, 3.8) is 0 Å². The van der Waals surface area contributed by atoms with Crippen LogP contribution in [0.3, 0.4) is 0 Å². The number of ether oxygens (including phenoxy) is 1. The molecule has 3 N–H and O–H groups in total. The minimum absolute atomic E-state index is 0.0314.